The largest absolute Gasteiger partial charge is 0.454 e. The molecule has 0 atom stereocenters. The highest BCUT2D eigenvalue weighted by Gasteiger charge is 2.29. The van der Waals surface area contributed by atoms with Gasteiger partial charge in [0.25, 0.3) is 5.91 Å². The van der Waals surface area contributed by atoms with Crippen LogP contribution in [0.3, 0.4) is 0 Å². The van der Waals surface area contributed by atoms with Gasteiger partial charge in [-0.2, -0.15) is 0 Å². The number of hydrogen-bond acceptors (Lipinski definition) is 6. The Morgan fingerprint density at radius 1 is 1.05 bits per heavy atom. The standard InChI is InChI=1S/C27H24ClFN4O4/c1-32(2)13-24(34)33(3)21-8-6-17(12-19(21)29)30-26(15-4-9-22-23(10-15)37-14-36-22)25-18-7-5-16(28)11-20(18)31-27(25)35/h4-12,30H,13-14H2,1-3H3,(H,31,35)/b26-25-. The summed E-state index contributed by atoms with van der Waals surface area (Å²) in [6, 6.07) is 14.9. The van der Waals surface area contributed by atoms with Gasteiger partial charge in [0.05, 0.1) is 29.2 Å². The van der Waals surface area contributed by atoms with Crippen molar-refractivity contribution in [1.82, 2.24) is 4.90 Å². The number of halogens is 2. The molecule has 3 aromatic carbocycles. The Morgan fingerprint density at radius 3 is 2.59 bits per heavy atom. The van der Waals surface area contributed by atoms with E-state index < -0.39 is 5.82 Å². The minimum atomic E-state index is -0.585. The van der Waals surface area contributed by atoms with Crippen molar-refractivity contribution >= 4 is 51.7 Å². The quantitative estimate of drug-likeness (QED) is 0.458. The van der Waals surface area contributed by atoms with Crippen molar-refractivity contribution in [3.63, 3.8) is 0 Å². The van der Waals surface area contributed by atoms with Gasteiger partial charge in [0.1, 0.15) is 5.82 Å². The van der Waals surface area contributed by atoms with Crippen LogP contribution in [0.15, 0.2) is 54.6 Å². The number of amides is 2. The van der Waals surface area contributed by atoms with E-state index in [4.69, 9.17) is 21.1 Å². The average Bonchev–Trinajstić information content (AvgIpc) is 3.44. The van der Waals surface area contributed by atoms with E-state index in [1.807, 2.05) is 0 Å². The Bertz CT molecular complexity index is 1460. The zero-order valence-corrected chi connectivity index (χ0v) is 21.1. The maximum atomic E-state index is 15.2. The van der Waals surface area contributed by atoms with Crippen molar-refractivity contribution in [3.8, 4) is 11.5 Å². The van der Waals surface area contributed by atoms with Crippen LogP contribution in [0.25, 0.3) is 11.3 Å². The van der Waals surface area contributed by atoms with Gasteiger partial charge in [-0.1, -0.05) is 17.7 Å². The predicted octanol–water partition coefficient (Wildman–Crippen LogP) is 4.66. The Balaban J connectivity index is 1.56. The normalized spacial score (nSPS) is 14.9. The monoisotopic (exact) mass is 522 g/mol. The summed E-state index contributed by atoms with van der Waals surface area (Å²) in [7, 11) is 5.07. The summed E-state index contributed by atoms with van der Waals surface area (Å²) in [6.07, 6.45) is 0. The van der Waals surface area contributed by atoms with Gasteiger partial charge in [-0.05, 0) is 62.6 Å². The fourth-order valence-corrected chi connectivity index (χ4v) is 4.41. The number of benzene rings is 3. The second kappa shape index (κ2) is 9.76. The van der Waals surface area contributed by atoms with E-state index in [9.17, 15) is 9.59 Å². The highest BCUT2D eigenvalue weighted by molar-refractivity contribution is 6.38. The van der Waals surface area contributed by atoms with Crippen LogP contribution in [0.5, 0.6) is 11.5 Å². The molecule has 0 spiro atoms. The molecule has 0 aliphatic carbocycles. The number of carbonyl (C=O) groups excluding carboxylic acids is 2. The topological polar surface area (TPSA) is 83.1 Å². The number of likely N-dealkylation sites (N-methyl/N-ethyl adjacent to an activating group) is 2. The Kier molecular flexibility index (Phi) is 6.49. The van der Waals surface area contributed by atoms with Crippen LogP contribution < -0.4 is 25.0 Å². The summed E-state index contributed by atoms with van der Waals surface area (Å²) in [5, 5.41) is 6.55. The third kappa shape index (κ3) is 4.83. The number of hydrogen-bond donors (Lipinski definition) is 2. The summed E-state index contributed by atoms with van der Waals surface area (Å²) in [6.45, 7) is 0.251. The molecule has 2 heterocycles. The third-order valence-corrected chi connectivity index (χ3v) is 6.28. The van der Waals surface area contributed by atoms with Crippen LogP contribution in [0.4, 0.5) is 21.5 Å². The van der Waals surface area contributed by atoms with E-state index in [-0.39, 0.29) is 30.8 Å². The molecule has 0 aromatic heterocycles. The van der Waals surface area contributed by atoms with Gasteiger partial charge in [-0.3, -0.25) is 9.59 Å². The number of anilines is 3. The van der Waals surface area contributed by atoms with E-state index in [0.717, 1.165) is 0 Å². The van der Waals surface area contributed by atoms with E-state index >= 15 is 4.39 Å². The lowest BCUT2D eigenvalue weighted by atomic mass is 9.99. The Hall–Kier alpha value is -4.08. The summed E-state index contributed by atoms with van der Waals surface area (Å²) in [4.78, 5) is 28.5. The molecule has 190 valence electrons. The molecule has 10 heteroatoms. The number of nitrogens with zero attached hydrogens (tertiary/aromatic N) is 2. The minimum absolute atomic E-state index is 0.104. The average molecular weight is 523 g/mol. The summed E-state index contributed by atoms with van der Waals surface area (Å²) in [5.74, 6) is -0.0291. The highest BCUT2D eigenvalue weighted by Crippen LogP contribution is 2.41. The van der Waals surface area contributed by atoms with Crippen molar-refractivity contribution in [2.45, 2.75) is 0 Å². The molecule has 2 aliphatic rings. The SMILES string of the molecule is CN(C)CC(=O)N(C)c1ccc(N/C(=C2\C(=O)Nc3cc(Cl)ccc32)c2ccc3c(c2)OCO3)cc1F. The molecule has 0 unspecified atom stereocenters. The summed E-state index contributed by atoms with van der Waals surface area (Å²) < 4.78 is 26.1. The van der Waals surface area contributed by atoms with Gasteiger partial charge in [-0.25, -0.2) is 4.39 Å². The van der Waals surface area contributed by atoms with Crippen molar-refractivity contribution in [1.29, 1.82) is 0 Å². The van der Waals surface area contributed by atoms with E-state index in [0.29, 0.717) is 50.3 Å². The minimum Gasteiger partial charge on any atom is -0.454 e. The first-order chi connectivity index (χ1) is 17.7. The number of nitrogens with one attached hydrogen (secondary N) is 2. The molecule has 5 rings (SSSR count). The molecule has 0 radical (unpaired) electrons. The molecular weight excluding hydrogens is 499 g/mol. The van der Waals surface area contributed by atoms with Gasteiger partial charge < -0.3 is 29.9 Å². The molecule has 2 N–H and O–H groups in total. The van der Waals surface area contributed by atoms with Crippen molar-refractivity contribution in [3.05, 3.63) is 76.6 Å². The maximum absolute atomic E-state index is 15.2. The first-order valence-electron chi connectivity index (χ1n) is 11.4. The van der Waals surface area contributed by atoms with Gasteiger partial charge in [0.2, 0.25) is 12.7 Å². The van der Waals surface area contributed by atoms with Crippen molar-refractivity contribution in [2.75, 3.05) is 50.0 Å². The summed E-state index contributed by atoms with van der Waals surface area (Å²) in [5.41, 5.74) is 3.23. The Labute approximate surface area is 218 Å². The zero-order chi connectivity index (χ0) is 26.3. The second-order valence-electron chi connectivity index (χ2n) is 8.94. The van der Waals surface area contributed by atoms with E-state index in [2.05, 4.69) is 10.6 Å². The molecule has 2 aliphatic heterocycles. The smallest absolute Gasteiger partial charge is 0.258 e. The first kappa shape index (κ1) is 24.6. The van der Waals surface area contributed by atoms with Crippen LogP contribution in [0.1, 0.15) is 11.1 Å². The van der Waals surface area contributed by atoms with Crippen LogP contribution in [0, 0.1) is 5.82 Å². The zero-order valence-electron chi connectivity index (χ0n) is 20.4. The van der Waals surface area contributed by atoms with Gasteiger partial charge in [-0.15, -0.1) is 0 Å². The molecule has 37 heavy (non-hydrogen) atoms. The van der Waals surface area contributed by atoms with E-state index in [1.54, 1.807) is 61.5 Å². The lowest BCUT2D eigenvalue weighted by molar-refractivity contribution is -0.119. The van der Waals surface area contributed by atoms with Crippen LogP contribution in [-0.4, -0.2) is 51.2 Å². The number of fused-ring (bicyclic) bond motifs is 2. The van der Waals surface area contributed by atoms with Crippen LogP contribution in [-0.2, 0) is 9.59 Å². The van der Waals surface area contributed by atoms with E-state index in [1.165, 1.54) is 24.1 Å². The van der Waals surface area contributed by atoms with Crippen LogP contribution >= 0.6 is 11.6 Å². The lowest BCUT2D eigenvalue weighted by Crippen LogP contribution is -2.35. The predicted molar refractivity (Wildman–Crippen MR) is 141 cm³/mol. The lowest BCUT2D eigenvalue weighted by Gasteiger charge is -2.21. The molecule has 0 saturated carbocycles. The molecule has 2 amide bonds. The van der Waals surface area contributed by atoms with Gasteiger partial charge in [0.15, 0.2) is 11.5 Å². The second-order valence-corrected chi connectivity index (χ2v) is 9.38. The fourth-order valence-electron chi connectivity index (χ4n) is 4.24. The molecule has 0 bridgehead atoms. The highest BCUT2D eigenvalue weighted by atomic mass is 35.5. The van der Waals surface area contributed by atoms with Crippen LogP contribution in [0.2, 0.25) is 5.02 Å². The number of ether oxygens (including phenoxy) is 2. The molecule has 8 nitrogen and oxygen atoms in total. The van der Waals surface area contributed by atoms with Gasteiger partial charge in [0, 0.05) is 28.9 Å². The fraction of sp³-hybridized carbons (Fsp3) is 0.185. The molecular formula is C27H24ClFN4O4. The first-order valence-corrected chi connectivity index (χ1v) is 11.8. The number of rotatable bonds is 6. The van der Waals surface area contributed by atoms with Crippen molar-refractivity contribution in [2.24, 2.45) is 0 Å². The maximum Gasteiger partial charge on any atom is 0.258 e. The third-order valence-electron chi connectivity index (χ3n) is 6.04. The molecule has 3 aromatic rings. The molecule has 0 saturated heterocycles. The molecule has 0 fully saturated rings. The van der Waals surface area contributed by atoms with Gasteiger partial charge >= 0.3 is 0 Å². The Morgan fingerprint density at radius 2 is 1.84 bits per heavy atom. The summed E-state index contributed by atoms with van der Waals surface area (Å²) >= 11 is 6.13. The van der Waals surface area contributed by atoms with Crippen molar-refractivity contribution < 1.29 is 23.5 Å². The number of carbonyl (C=O) groups is 2.